The first-order valence-corrected chi connectivity index (χ1v) is 12.3. The Hall–Kier alpha value is -3.79. The number of nitrogens with zero attached hydrogens (tertiary/aromatic N) is 4. The molecule has 2 aliphatic heterocycles. The highest BCUT2D eigenvalue weighted by Crippen LogP contribution is 2.41. The van der Waals surface area contributed by atoms with Crippen molar-refractivity contribution in [1.82, 2.24) is 20.0 Å². The molecule has 194 valence electrons. The molecule has 1 fully saturated rings. The zero-order valence-electron chi connectivity index (χ0n) is 21.1. The van der Waals surface area contributed by atoms with Crippen LogP contribution in [0.15, 0.2) is 42.5 Å². The van der Waals surface area contributed by atoms with Crippen molar-refractivity contribution < 1.29 is 18.4 Å². The monoisotopic (exact) mass is 508 g/mol. The third-order valence-corrected chi connectivity index (χ3v) is 7.36. The fourth-order valence-corrected chi connectivity index (χ4v) is 5.01. The van der Waals surface area contributed by atoms with Gasteiger partial charge in [0.2, 0.25) is 5.91 Å². The van der Waals surface area contributed by atoms with Crippen LogP contribution in [0, 0.1) is 11.6 Å². The highest BCUT2D eigenvalue weighted by molar-refractivity contribution is 6.04. The molecule has 0 aliphatic carbocycles. The van der Waals surface area contributed by atoms with Crippen LogP contribution in [0.3, 0.4) is 0 Å². The number of piperazine rings is 1. The zero-order chi connectivity index (χ0) is 26.3. The van der Waals surface area contributed by atoms with Crippen molar-refractivity contribution in [3.8, 4) is 0 Å². The quantitative estimate of drug-likeness (QED) is 0.551. The molecule has 0 atom stereocenters. The van der Waals surface area contributed by atoms with Crippen LogP contribution >= 0.6 is 0 Å². The van der Waals surface area contributed by atoms with Crippen LogP contribution in [0.5, 0.6) is 0 Å². The van der Waals surface area contributed by atoms with Crippen molar-refractivity contribution in [2.45, 2.75) is 32.4 Å². The van der Waals surface area contributed by atoms with Crippen LogP contribution in [0.25, 0.3) is 0 Å². The number of hydrogen-bond donors (Lipinski definition) is 2. The maximum atomic E-state index is 14.1. The Kier molecular flexibility index (Phi) is 6.45. The van der Waals surface area contributed by atoms with Gasteiger partial charge < -0.3 is 20.0 Å². The third kappa shape index (κ3) is 4.81. The summed E-state index contributed by atoms with van der Waals surface area (Å²) in [7, 11) is 2.11. The molecule has 2 amide bonds. The summed E-state index contributed by atoms with van der Waals surface area (Å²) in [5.41, 5.74) is 2.39. The fourth-order valence-electron chi connectivity index (χ4n) is 5.01. The number of aromatic nitrogens is 2. The summed E-state index contributed by atoms with van der Waals surface area (Å²) in [5.74, 6) is -1.69. The second-order valence-corrected chi connectivity index (χ2v) is 10.2. The standard InChI is InChI=1S/C27H30F2N6O2/c1-27(2)24-21(16-35(27)23(36)14-18-4-7-19(28)15-22(18)29)25(32-31-24)30-26(37)17-5-8-20(9-6-17)34-12-10-33(3)11-13-34/h4-9,15H,10-14,16H2,1-3H3,(H2,30,31,32,37). The summed E-state index contributed by atoms with van der Waals surface area (Å²) in [6.07, 6.45) is -0.200. The van der Waals surface area contributed by atoms with Gasteiger partial charge >= 0.3 is 0 Å². The van der Waals surface area contributed by atoms with Crippen molar-refractivity contribution in [1.29, 1.82) is 0 Å². The van der Waals surface area contributed by atoms with Gasteiger partial charge in [-0.2, -0.15) is 5.10 Å². The van der Waals surface area contributed by atoms with Crippen molar-refractivity contribution in [3.63, 3.8) is 0 Å². The lowest BCUT2D eigenvalue weighted by Gasteiger charge is -2.34. The molecule has 0 unspecified atom stereocenters. The van der Waals surface area contributed by atoms with E-state index in [1.807, 2.05) is 26.0 Å². The minimum atomic E-state index is -0.753. The molecule has 3 aromatic rings. The van der Waals surface area contributed by atoms with E-state index in [1.54, 1.807) is 17.0 Å². The summed E-state index contributed by atoms with van der Waals surface area (Å²) in [6.45, 7) is 7.82. The van der Waals surface area contributed by atoms with Crippen molar-refractivity contribution in [2.24, 2.45) is 0 Å². The maximum Gasteiger partial charge on any atom is 0.256 e. The van der Waals surface area contributed by atoms with Gasteiger partial charge in [0, 0.05) is 49.1 Å². The van der Waals surface area contributed by atoms with E-state index in [2.05, 4.69) is 32.4 Å². The summed E-state index contributed by atoms with van der Waals surface area (Å²) in [4.78, 5) is 32.3. The predicted molar refractivity (Wildman–Crippen MR) is 136 cm³/mol. The number of hydrogen-bond acceptors (Lipinski definition) is 5. The number of likely N-dealkylation sites (N-methyl/N-ethyl adjacent to an activating group) is 1. The highest BCUT2D eigenvalue weighted by Gasteiger charge is 2.43. The number of benzene rings is 2. The van der Waals surface area contributed by atoms with Crippen LogP contribution in [-0.4, -0.2) is 65.0 Å². The Morgan fingerprint density at radius 2 is 1.76 bits per heavy atom. The molecule has 0 spiro atoms. The predicted octanol–water partition coefficient (Wildman–Crippen LogP) is 3.51. The molecular formula is C27H30F2N6O2. The van der Waals surface area contributed by atoms with E-state index in [9.17, 15) is 18.4 Å². The van der Waals surface area contributed by atoms with E-state index in [0.29, 0.717) is 22.6 Å². The molecule has 10 heteroatoms. The van der Waals surface area contributed by atoms with E-state index in [4.69, 9.17) is 0 Å². The molecule has 2 aromatic carbocycles. The van der Waals surface area contributed by atoms with E-state index in [1.165, 1.54) is 6.07 Å². The number of nitrogens with one attached hydrogen (secondary N) is 2. The van der Waals surface area contributed by atoms with Gasteiger partial charge in [0.15, 0.2) is 5.82 Å². The number of fused-ring (bicyclic) bond motifs is 1. The summed E-state index contributed by atoms with van der Waals surface area (Å²) in [6, 6.07) is 10.7. The molecule has 5 rings (SSSR count). The van der Waals surface area contributed by atoms with Gasteiger partial charge in [-0.3, -0.25) is 14.7 Å². The van der Waals surface area contributed by atoms with Gasteiger partial charge in [-0.25, -0.2) is 8.78 Å². The van der Waals surface area contributed by atoms with E-state index in [0.717, 1.165) is 44.0 Å². The Balaban J connectivity index is 1.27. The first-order chi connectivity index (χ1) is 17.6. The normalized spacial score (nSPS) is 17.1. The lowest BCUT2D eigenvalue weighted by atomic mass is 10.00. The van der Waals surface area contributed by atoms with Crippen molar-refractivity contribution in [3.05, 3.63) is 76.5 Å². The molecule has 0 radical (unpaired) electrons. The van der Waals surface area contributed by atoms with Gasteiger partial charge in [0.25, 0.3) is 5.91 Å². The number of amides is 2. The van der Waals surface area contributed by atoms with Crippen LogP contribution < -0.4 is 10.2 Å². The SMILES string of the molecule is CN1CCN(c2ccc(C(=O)Nc3n[nH]c4c3CN(C(=O)Cc3ccc(F)cc3F)C4(C)C)cc2)CC1. The second-order valence-electron chi connectivity index (χ2n) is 10.2. The molecule has 2 aliphatic rings. The maximum absolute atomic E-state index is 14.1. The van der Waals surface area contributed by atoms with Gasteiger partial charge in [-0.05, 0) is 56.8 Å². The number of carbonyl (C=O) groups excluding carboxylic acids is 2. The Morgan fingerprint density at radius 1 is 1.05 bits per heavy atom. The first kappa shape index (κ1) is 24.9. The highest BCUT2D eigenvalue weighted by atomic mass is 19.1. The number of H-pyrrole nitrogens is 1. The minimum absolute atomic E-state index is 0.129. The van der Waals surface area contributed by atoms with Gasteiger partial charge in [0.05, 0.1) is 24.2 Å². The molecule has 8 nitrogen and oxygen atoms in total. The second kappa shape index (κ2) is 9.59. The smallest absolute Gasteiger partial charge is 0.256 e. The van der Waals surface area contributed by atoms with E-state index >= 15 is 0 Å². The Morgan fingerprint density at radius 3 is 2.43 bits per heavy atom. The largest absolute Gasteiger partial charge is 0.369 e. The average molecular weight is 509 g/mol. The topological polar surface area (TPSA) is 84.6 Å². The Labute approximate surface area is 214 Å². The van der Waals surface area contributed by atoms with Gasteiger partial charge in [0.1, 0.15) is 11.6 Å². The molecule has 3 heterocycles. The molecule has 0 saturated carbocycles. The van der Waals surface area contributed by atoms with Crippen LogP contribution in [0.4, 0.5) is 20.3 Å². The number of anilines is 2. The third-order valence-electron chi connectivity index (χ3n) is 7.36. The number of rotatable bonds is 5. The number of aromatic amines is 1. The van der Waals surface area contributed by atoms with Gasteiger partial charge in [-0.1, -0.05) is 6.07 Å². The van der Waals surface area contributed by atoms with Crippen LogP contribution in [-0.2, 0) is 23.3 Å². The van der Waals surface area contributed by atoms with Crippen LogP contribution in [0.2, 0.25) is 0 Å². The number of halogens is 2. The van der Waals surface area contributed by atoms with E-state index in [-0.39, 0.29) is 30.3 Å². The van der Waals surface area contributed by atoms with Gasteiger partial charge in [-0.15, -0.1) is 0 Å². The molecule has 37 heavy (non-hydrogen) atoms. The minimum Gasteiger partial charge on any atom is -0.369 e. The first-order valence-electron chi connectivity index (χ1n) is 12.3. The fraction of sp³-hybridized carbons (Fsp3) is 0.370. The molecule has 2 N–H and O–H groups in total. The molecule has 1 saturated heterocycles. The summed E-state index contributed by atoms with van der Waals surface area (Å²) in [5, 5.41) is 10.1. The van der Waals surface area contributed by atoms with E-state index < -0.39 is 17.2 Å². The lowest BCUT2D eigenvalue weighted by Crippen LogP contribution is -2.44. The molecule has 1 aromatic heterocycles. The zero-order valence-corrected chi connectivity index (χ0v) is 21.1. The summed E-state index contributed by atoms with van der Waals surface area (Å²) >= 11 is 0. The molecule has 0 bridgehead atoms. The number of carbonyl (C=O) groups is 2. The van der Waals surface area contributed by atoms with Crippen molar-refractivity contribution >= 4 is 23.3 Å². The van der Waals surface area contributed by atoms with Crippen molar-refractivity contribution in [2.75, 3.05) is 43.4 Å². The van der Waals surface area contributed by atoms with Crippen LogP contribution in [0.1, 0.15) is 41.0 Å². The average Bonchev–Trinajstić information content (AvgIpc) is 3.39. The lowest BCUT2D eigenvalue weighted by molar-refractivity contribution is -0.136. The Bertz CT molecular complexity index is 1330. The molecular weight excluding hydrogens is 478 g/mol. The summed E-state index contributed by atoms with van der Waals surface area (Å²) < 4.78 is 27.4.